The Morgan fingerprint density at radius 2 is 2.05 bits per heavy atom. The van der Waals surface area contributed by atoms with Gasteiger partial charge in [0.1, 0.15) is 11.3 Å². The summed E-state index contributed by atoms with van der Waals surface area (Å²) in [6, 6.07) is 10.1. The topological polar surface area (TPSA) is 53.3 Å². The highest BCUT2D eigenvalue weighted by atomic mass is 16.5. The van der Waals surface area contributed by atoms with E-state index >= 15 is 0 Å². The van der Waals surface area contributed by atoms with Gasteiger partial charge in [0.25, 0.3) is 0 Å². The fourth-order valence-corrected chi connectivity index (χ4v) is 2.61. The summed E-state index contributed by atoms with van der Waals surface area (Å²) in [6.45, 7) is 2.60. The second-order valence-electron chi connectivity index (χ2n) is 5.53. The summed E-state index contributed by atoms with van der Waals surface area (Å²) in [5.74, 6) is 0.896. The first-order valence-electron chi connectivity index (χ1n) is 7.51. The molecule has 0 heterocycles. The van der Waals surface area contributed by atoms with Crippen LogP contribution in [0.3, 0.4) is 0 Å². The highest BCUT2D eigenvalue weighted by molar-refractivity contribution is 5.77. The van der Waals surface area contributed by atoms with Crippen LogP contribution in [0.4, 0.5) is 0 Å². The van der Waals surface area contributed by atoms with E-state index in [9.17, 15) is 10.1 Å². The molecule has 1 aromatic carbocycles. The number of nitrogens with zero attached hydrogens (tertiary/aromatic N) is 2. The quantitative estimate of drug-likeness (QED) is 0.808. The molecule has 1 amide bonds. The van der Waals surface area contributed by atoms with Gasteiger partial charge in [-0.25, -0.2) is 0 Å². The second-order valence-corrected chi connectivity index (χ2v) is 5.53. The Morgan fingerprint density at radius 3 is 2.52 bits per heavy atom. The van der Waals surface area contributed by atoms with Gasteiger partial charge in [-0.2, -0.15) is 5.26 Å². The van der Waals surface area contributed by atoms with Crippen LogP contribution in [0, 0.1) is 11.3 Å². The molecule has 1 fully saturated rings. The summed E-state index contributed by atoms with van der Waals surface area (Å²) >= 11 is 0. The zero-order valence-corrected chi connectivity index (χ0v) is 12.8. The number of aryl methyl sites for hydroxylation is 1. The van der Waals surface area contributed by atoms with Gasteiger partial charge in [0, 0.05) is 13.5 Å². The minimum absolute atomic E-state index is 0.0464. The van der Waals surface area contributed by atoms with E-state index in [-0.39, 0.29) is 5.91 Å². The molecule has 0 atom stereocenters. The van der Waals surface area contributed by atoms with Gasteiger partial charge in [-0.3, -0.25) is 4.79 Å². The molecular formula is C17H22N2O2. The summed E-state index contributed by atoms with van der Waals surface area (Å²) in [7, 11) is 1.75. The van der Waals surface area contributed by atoms with Crippen molar-refractivity contribution in [2.75, 3.05) is 13.7 Å². The van der Waals surface area contributed by atoms with Crippen LogP contribution < -0.4 is 4.74 Å². The highest BCUT2D eigenvalue weighted by Crippen LogP contribution is 2.36. The van der Waals surface area contributed by atoms with Gasteiger partial charge < -0.3 is 9.64 Å². The normalized spacial score (nSPS) is 15.7. The number of hydrogen-bond donors (Lipinski definition) is 0. The summed E-state index contributed by atoms with van der Waals surface area (Å²) < 4.78 is 5.39. The Balaban J connectivity index is 1.87. The van der Waals surface area contributed by atoms with Crippen molar-refractivity contribution in [1.82, 2.24) is 4.90 Å². The van der Waals surface area contributed by atoms with Gasteiger partial charge in [-0.15, -0.1) is 0 Å². The SMILES string of the molecule is CCOc1ccc(CCC(=O)N(C)C2(C#N)CCC2)cc1. The molecule has 1 aromatic rings. The number of carbonyl (C=O) groups is 1. The number of amides is 1. The first kappa shape index (κ1) is 15.4. The van der Waals surface area contributed by atoms with E-state index in [0.717, 1.165) is 30.6 Å². The molecule has 0 aromatic heterocycles. The number of rotatable bonds is 6. The molecule has 21 heavy (non-hydrogen) atoms. The van der Waals surface area contributed by atoms with E-state index in [1.807, 2.05) is 31.2 Å². The fourth-order valence-electron chi connectivity index (χ4n) is 2.61. The lowest BCUT2D eigenvalue weighted by Crippen LogP contribution is -2.53. The van der Waals surface area contributed by atoms with E-state index < -0.39 is 5.54 Å². The summed E-state index contributed by atoms with van der Waals surface area (Å²) in [5.41, 5.74) is 0.565. The predicted molar refractivity (Wildman–Crippen MR) is 80.9 cm³/mol. The lowest BCUT2D eigenvalue weighted by Gasteiger charge is -2.43. The first-order valence-corrected chi connectivity index (χ1v) is 7.51. The molecule has 2 rings (SSSR count). The number of carbonyl (C=O) groups excluding carboxylic acids is 1. The summed E-state index contributed by atoms with van der Waals surface area (Å²) in [6.07, 6.45) is 3.76. The minimum Gasteiger partial charge on any atom is -0.494 e. The van der Waals surface area contributed by atoms with Crippen molar-refractivity contribution >= 4 is 5.91 Å². The lowest BCUT2D eigenvalue weighted by atomic mass is 9.76. The predicted octanol–water partition coefficient (Wildman–Crippen LogP) is 2.92. The number of nitriles is 1. The van der Waals surface area contributed by atoms with Crippen LogP contribution in [0.15, 0.2) is 24.3 Å². The van der Waals surface area contributed by atoms with Crippen molar-refractivity contribution in [1.29, 1.82) is 5.26 Å². The number of ether oxygens (including phenoxy) is 1. The average Bonchev–Trinajstić information content (AvgIpc) is 2.46. The number of hydrogen-bond acceptors (Lipinski definition) is 3. The van der Waals surface area contributed by atoms with Crippen LogP contribution in [0.2, 0.25) is 0 Å². The van der Waals surface area contributed by atoms with Crippen LogP contribution in [0.5, 0.6) is 5.75 Å². The third kappa shape index (κ3) is 3.36. The maximum absolute atomic E-state index is 12.2. The maximum Gasteiger partial charge on any atom is 0.223 e. The van der Waals surface area contributed by atoms with Crippen molar-refractivity contribution in [2.24, 2.45) is 0 Å². The van der Waals surface area contributed by atoms with Gasteiger partial charge >= 0.3 is 0 Å². The Hall–Kier alpha value is -2.02. The maximum atomic E-state index is 12.2. The molecular weight excluding hydrogens is 264 g/mol. The van der Waals surface area contributed by atoms with Crippen LogP contribution in [-0.2, 0) is 11.2 Å². The smallest absolute Gasteiger partial charge is 0.223 e. The van der Waals surface area contributed by atoms with Crippen LogP contribution in [0.25, 0.3) is 0 Å². The van der Waals surface area contributed by atoms with Gasteiger partial charge in [-0.1, -0.05) is 12.1 Å². The van der Waals surface area contributed by atoms with Crippen molar-refractivity contribution in [2.45, 2.75) is 44.6 Å². The Morgan fingerprint density at radius 1 is 1.38 bits per heavy atom. The Labute approximate surface area is 126 Å². The van der Waals surface area contributed by atoms with E-state index in [1.54, 1.807) is 11.9 Å². The van der Waals surface area contributed by atoms with E-state index in [1.165, 1.54) is 0 Å². The molecule has 0 bridgehead atoms. The minimum atomic E-state index is -0.546. The summed E-state index contributed by atoms with van der Waals surface area (Å²) in [5, 5.41) is 9.26. The highest BCUT2D eigenvalue weighted by Gasteiger charge is 2.43. The van der Waals surface area contributed by atoms with Gasteiger partial charge in [0.2, 0.25) is 5.91 Å². The average molecular weight is 286 g/mol. The second kappa shape index (κ2) is 6.62. The first-order chi connectivity index (χ1) is 10.1. The van der Waals surface area contributed by atoms with E-state index in [0.29, 0.717) is 19.4 Å². The number of benzene rings is 1. The molecule has 1 aliphatic carbocycles. The Kier molecular flexibility index (Phi) is 4.85. The largest absolute Gasteiger partial charge is 0.494 e. The molecule has 1 saturated carbocycles. The van der Waals surface area contributed by atoms with E-state index in [2.05, 4.69) is 6.07 Å². The third-order valence-electron chi connectivity index (χ3n) is 4.27. The molecule has 0 radical (unpaired) electrons. The zero-order valence-electron chi connectivity index (χ0n) is 12.8. The van der Waals surface area contributed by atoms with Crippen molar-refractivity contribution in [3.05, 3.63) is 29.8 Å². The molecule has 0 N–H and O–H groups in total. The molecule has 0 saturated heterocycles. The lowest BCUT2D eigenvalue weighted by molar-refractivity contribution is -0.136. The molecule has 0 spiro atoms. The molecule has 112 valence electrons. The Bertz CT molecular complexity index is 527. The van der Waals surface area contributed by atoms with Crippen molar-refractivity contribution in [3.63, 3.8) is 0 Å². The summed E-state index contributed by atoms with van der Waals surface area (Å²) in [4.78, 5) is 13.9. The van der Waals surface area contributed by atoms with Gasteiger partial charge in [-0.05, 0) is 50.3 Å². The zero-order chi connectivity index (χ0) is 15.3. The molecule has 4 nitrogen and oxygen atoms in total. The standard InChI is InChI=1S/C17H22N2O2/c1-3-21-15-8-5-14(6-9-15)7-10-16(20)19(2)17(13-18)11-4-12-17/h5-6,8-9H,3-4,7,10-12H2,1-2H3. The van der Waals surface area contributed by atoms with Crippen molar-refractivity contribution < 1.29 is 9.53 Å². The fraction of sp³-hybridized carbons (Fsp3) is 0.529. The molecule has 1 aliphatic rings. The molecule has 0 aliphatic heterocycles. The third-order valence-corrected chi connectivity index (χ3v) is 4.27. The monoisotopic (exact) mass is 286 g/mol. The molecule has 0 unspecified atom stereocenters. The van der Waals surface area contributed by atoms with E-state index in [4.69, 9.17) is 4.74 Å². The van der Waals surface area contributed by atoms with Crippen molar-refractivity contribution in [3.8, 4) is 11.8 Å². The van der Waals surface area contributed by atoms with Crippen LogP contribution >= 0.6 is 0 Å². The van der Waals surface area contributed by atoms with Crippen LogP contribution in [0.1, 0.15) is 38.2 Å². The van der Waals surface area contributed by atoms with Gasteiger partial charge in [0.15, 0.2) is 0 Å². The van der Waals surface area contributed by atoms with Gasteiger partial charge in [0.05, 0.1) is 12.7 Å². The molecule has 4 heteroatoms. The van der Waals surface area contributed by atoms with Crippen LogP contribution in [-0.4, -0.2) is 30.0 Å².